The molecule has 1 aliphatic carbocycles. The van der Waals surface area contributed by atoms with Gasteiger partial charge in [0.05, 0.1) is 0 Å². The Bertz CT molecular complexity index is 259. The van der Waals surface area contributed by atoms with Gasteiger partial charge in [0.1, 0.15) is 6.29 Å². The quantitative estimate of drug-likeness (QED) is 0.707. The van der Waals surface area contributed by atoms with Gasteiger partial charge in [-0.15, -0.1) is 0 Å². The number of carbonyl (C=O) groups is 2. The lowest BCUT2D eigenvalue weighted by Crippen LogP contribution is -2.47. The summed E-state index contributed by atoms with van der Waals surface area (Å²) in [7, 11) is 0. The number of hydrogen-bond donors (Lipinski definition) is 1. The monoisotopic (exact) mass is 210 g/mol. The fourth-order valence-electron chi connectivity index (χ4n) is 2.65. The van der Waals surface area contributed by atoms with Crippen molar-refractivity contribution < 1.29 is 9.59 Å². The smallest absolute Gasteiger partial charge is 0.238 e. The molecule has 4 nitrogen and oxygen atoms in total. The molecule has 4 heteroatoms. The lowest BCUT2D eigenvalue weighted by molar-refractivity contribution is -0.129. The molecule has 2 aliphatic rings. The highest BCUT2D eigenvalue weighted by Gasteiger charge is 2.42. The predicted octanol–water partition coefficient (Wildman–Crippen LogP) is 1.02. The van der Waals surface area contributed by atoms with E-state index in [-0.39, 0.29) is 11.4 Å². The van der Waals surface area contributed by atoms with E-state index in [1.54, 1.807) is 5.01 Å². The molecule has 0 aromatic rings. The fraction of sp³-hybridized carbons (Fsp3) is 0.818. The molecule has 0 atom stereocenters. The third-order valence-electron chi connectivity index (χ3n) is 3.44. The van der Waals surface area contributed by atoms with Crippen molar-refractivity contribution in [2.45, 2.75) is 50.5 Å². The van der Waals surface area contributed by atoms with E-state index >= 15 is 0 Å². The van der Waals surface area contributed by atoms with Crippen molar-refractivity contribution in [3.63, 3.8) is 0 Å². The first kappa shape index (κ1) is 10.6. The van der Waals surface area contributed by atoms with Crippen molar-refractivity contribution in [2.75, 3.05) is 6.54 Å². The summed E-state index contributed by atoms with van der Waals surface area (Å²) in [4.78, 5) is 22.0. The van der Waals surface area contributed by atoms with E-state index in [0.29, 0.717) is 19.4 Å². The van der Waals surface area contributed by atoms with Gasteiger partial charge in [0.15, 0.2) is 0 Å². The molecule has 0 bridgehead atoms. The zero-order valence-corrected chi connectivity index (χ0v) is 9.00. The Kier molecular flexibility index (Phi) is 3.05. The average molecular weight is 210 g/mol. The normalized spacial score (nSPS) is 24.8. The standard InChI is InChI=1S/C11H18N2O2/c14-8-4-7-13-10(15)9-11(12-13)5-2-1-3-6-11/h8,12H,1-7,9H2. The minimum Gasteiger partial charge on any atom is -0.303 e. The Morgan fingerprint density at radius 3 is 2.73 bits per heavy atom. The topological polar surface area (TPSA) is 49.4 Å². The van der Waals surface area contributed by atoms with Gasteiger partial charge in [-0.25, -0.2) is 5.43 Å². The zero-order valence-electron chi connectivity index (χ0n) is 9.00. The van der Waals surface area contributed by atoms with Gasteiger partial charge in [-0.2, -0.15) is 0 Å². The highest BCUT2D eigenvalue weighted by atomic mass is 16.2. The molecule has 2 rings (SSSR count). The zero-order chi connectivity index (χ0) is 10.7. The van der Waals surface area contributed by atoms with E-state index in [9.17, 15) is 9.59 Å². The Balaban J connectivity index is 1.95. The lowest BCUT2D eigenvalue weighted by Gasteiger charge is -2.33. The Morgan fingerprint density at radius 1 is 1.33 bits per heavy atom. The molecule has 0 unspecified atom stereocenters. The molecule has 1 amide bonds. The third-order valence-corrected chi connectivity index (χ3v) is 3.44. The SMILES string of the molecule is O=CCCN1NC2(CCCCC2)CC1=O. The number of carbonyl (C=O) groups excluding carboxylic acids is 2. The Morgan fingerprint density at radius 2 is 2.07 bits per heavy atom. The van der Waals surface area contributed by atoms with Crippen LogP contribution < -0.4 is 5.43 Å². The molecular formula is C11H18N2O2. The van der Waals surface area contributed by atoms with Crippen molar-refractivity contribution in [1.82, 2.24) is 10.4 Å². The number of amides is 1. The number of aldehydes is 1. The summed E-state index contributed by atoms with van der Waals surface area (Å²) in [6, 6.07) is 0. The van der Waals surface area contributed by atoms with Gasteiger partial charge in [-0.3, -0.25) is 9.80 Å². The molecule has 1 heterocycles. The van der Waals surface area contributed by atoms with Gasteiger partial charge >= 0.3 is 0 Å². The second-order valence-corrected chi connectivity index (χ2v) is 4.63. The minimum absolute atomic E-state index is 0.0260. The van der Waals surface area contributed by atoms with E-state index in [4.69, 9.17) is 0 Å². The van der Waals surface area contributed by atoms with Crippen LogP contribution in [0.5, 0.6) is 0 Å². The molecule has 0 radical (unpaired) electrons. The van der Waals surface area contributed by atoms with Crippen LogP contribution in [0, 0.1) is 0 Å². The molecule has 84 valence electrons. The van der Waals surface area contributed by atoms with Crippen molar-refractivity contribution >= 4 is 12.2 Å². The van der Waals surface area contributed by atoms with Crippen LogP contribution in [0.15, 0.2) is 0 Å². The highest BCUT2D eigenvalue weighted by Crippen LogP contribution is 2.35. The minimum atomic E-state index is 0.0260. The first-order valence-corrected chi connectivity index (χ1v) is 5.78. The van der Waals surface area contributed by atoms with Crippen LogP contribution in [0.1, 0.15) is 44.9 Å². The number of hydrogen-bond acceptors (Lipinski definition) is 3. The van der Waals surface area contributed by atoms with Crippen LogP contribution in [0.25, 0.3) is 0 Å². The summed E-state index contributed by atoms with van der Waals surface area (Å²) in [5, 5.41) is 1.64. The van der Waals surface area contributed by atoms with Gasteiger partial charge in [0.2, 0.25) is 5.91 Å². The van der Waals surface area contributed by atoms with E-state index in [1.165, 1.54) is 19.3 Å². The first-order chi connectivity index (χ1) is 7.26. The second kappa shape index (κ2) is 4.31. The maximum absolute atomic E-state index is 11.7. The molecular weight excluding hydrogens is 192 g/mol. The van der Waals surface area contributed by atoms with E-state index < -0.39 is 0 Å². The summed E-state index contributed by atoms with van der Waals surface area (Å²) in [5.41, 5.74) is 3.34. The van der Waals surface area contributed by atoms with E-state index in [2.05, 4.69) is 5.43 Å². The third kappa shape index (κ3) is 2.20. The van der Waals surface area contributed by atoms with Crippen molar-refractivity contribution in [2.24, 2.45) is 0 Å². The second-order valence-electron chi connectivity index (χ2n) is 4.63. The number of hydrazine groups is 1. The molecule has 1 aliphatic heterocycles. The summed E-state index contributed by atoms with van der Waals surface area (Å²) in [6.45, 7) is 0.518. The molecule has 1 saturated heterocycles. The van der Waals surface area contributed by atoms with Gasteiger partial charge < -0.3 is 4.79 Å². The van der Waals surface area contributed by atoms with Crippen molar-refractivity contribution in [3.8, 4) is 0 Å². The molecule has 1 N–H and O–H groups in total. The molecule has 2 fully saturated rings. The van der Waals surface area contributed by atoms with Crippen molar-refractivity contribution in [1.29, 1.82) is 0 Å². The van der Waals surface area contributed by atoms with Gasteiger partial charge in [0.25, 0.3) is 0 Å². The molecule has 0 aromatic heterocycles. The first-order valence-electron chi connectivity index (χ1n) is 5.78. The van der Waals surface area contributed by atoms with Crippen LogP contribution in [-0.2, 0) is 9.59 Å². The van der Waals surface area contributed by atoms with Gasteiger partial charge in [-0.05, 0) is 12.8 Å². The average Bonchev–Trinajstić information content (AvgIpc) is 2.53. The van der Waals surface area contributed by atoms with Crippen LogP contribution in [0.2, 0.25) is 0 Å². The fourth-order valence-corrected chi connectivity index (χ4v) is 2.65. The number of nitrogens with zero attached hydrogens (tertiary/aromatic N) is 1. The lowest BCUT2D eigenvalue weighted by atomic mass is 9.81. The van der Waals surface area contributed by atoms with Gasteiger partial charge in [-0.1, -0.05) is 19.3 Å². The maximum atomic E-state index is 11.7. The number of nitrogens with one attached hydrogen (secondary N) is 1. The summed E-state index contributed by atoms with van der Waals surface area (Å²) >= 11 is 0. The molecule has 15 heavy (non-hydrogen) atoms. The van der Waals surface area contributed by atoms with E-state index in [1.807, 2.05) is 0 Å². The summed E-state index contributed by atoms with van der Waals surface area (Å²) < 4.78 is 0. The molecule has 1 saturated carbocycles. The highest BCUT2D eigenvalue weighted by molar-refractivity contribution is 5.79. The van der Waals surface area contributed by atoms with Crippen LogP contribution in [0.4, 0.5) is 0 Å². The summed E-state index contributed by atoms with van der Waals surface area (Å²) in [5.74, 6) is 0.152. The molecule has 0 aromatic carbocycles. The largest absolute Gasteiger partial charge is 0.303 e. The van der Waals surface area contributed by atoms with E-state index in [0.717, 1.165) is 19.1 Å². The van der Waals surface area contributed by atoms with Crippen LogP contribution >= 0.6 is 0 Å². The van der Waals surface area contributed by atoms with Crippen LogP contribution in [-0.4, -0.2) is 29.3 Å². The molecule has 1 spiro atoms. The Labute approximate surface area is 90.0 Å². The van der Waals surface area contributed by atoms with Gasteiger partial charge in [0, 0.05) is 24.9 Å². The Hall–Kier alpha value is -0.900. The summed E-state index contributed by atoms with van der Waals surface area (Å²) in [6.07, 6.45) is 7.80. The maximum Gasteiger partial charge on any atom is 0.238 e. The number of rotatable bonds is 3. The van der Waals surface area contributed by atoms with Crippen molar-refractivity contribution in [3.05, 3.63) is 0 Å². The van der Waals surface area contributed by atoms with Crippen LogP contribution in [0.3, 0.4) is 0 Å². The predicted molar refractivity (Wildman–Crippen MR) is 56.0 cm³/mol.